The quantitative estimate of drug-likeness (QED) is 0.699. The van der Waals surface area contributed by atoms with Crippen LogP contribution in [0, 0.1) is 0 Å². The number of nitrogens with zero attached hydrogens (tertiary/aromatic N) is 2. The lowest BCUT2D eigenvalue weighted by Gasteiger charge is -2.31. The molecule has 0 aromatic rings. The van der Waals surface area contributed by atoms with E-state index < -0.39 is 0 Å². The van der Waals surface area contributed by atoms with Crippen LogP contribution in [-0.4, -0.2) is 54.6 Å². The van der Waals surface area contributed by atoms with Crippen molar-refractivity contribution in [1.82, 2.24) is 15.1 Å². The number of rotatable bonds is 2. The standard InChI is InChI=1S/C10H19N3O/c1-2-12-6-7-13(10(12)14)9-4-3-5-11-8-9/h9,11H,2-8H2,1H3/t9-/m1/s1. The first-order chi connectivity index (χ1) is 6.83. The minimum atomic E-state index is 0.237. The molecule has 0 spiro atoms. The van der Waals surface area contributed by atoms with Crippen LogP contribution in [0.25, 0.3) is 0 Å². The SMILES string of the molecule is CCN1CCN([C@@H]2CCCNC2)C1=O. The number of carbonyl (C=O) groups is 1. The molecule has 2 amide bonds. The highest BCUT2D eigenvalue weighted by Gasteiger charge is 2.32. The summed E-state index contributed by atoms with van der Waals surface area (Å²) in [5.41, 5.74) is 0. The molecule has 4 nitrogen and oxygen atoms in total. The van der Waals surface area contributed by atoms with Gasteiger partial charge in [-0.3, -0.25) is 0 Å². The zero-order valence-corrected chi connectivity index (χ0v) is 8.83. The van der Waals surface area contributed by atoms with Gasteiger partial charge in [-0.25, -0.2) is 4.79 Å². The molecule has 2 heterocycles. The number of likely N-dealkylation sites (N-methyl/N-ethyl adjacent to an activating group) is 1. The van der Waals surface area contributed by atoms with Crippen molar-refractivity contribution in [1.29, 1.82) is 0 Å². The van der Waals surface area contributed by atoms with Gasteiger partial charge in [0, 0.05) is 32.2 Å². The Morgan fingerprint density at radius 1 is 1.50 bits per heavy atom. The number of hydrogen-bond donors (Lipinski definition) is 1. The molecule has 2 aliphatic heterocycles. The van der Waals surface area contributed by atoms with Crippen molar-refractivity contribution in [2.75, 3.05) is 32.7 Å². The number of nitrogens with one attached hydrogen (secondary N) is 1. The van der Waals surface area contributed by atoms with Crippen molar-refractivity contribution in [2.24, 2.45) is 0 Å². The van der Waals surface area contributed by atoms with Crippen LogP contribution in [0.4, 0.5) is 4.79 Å². The molecule has 14 heavy (non-hydrogen) atoms. The predicted molar refractivity (Wildman–Crippen MR) is 55.2 cm³/mol. The maximum Gasteiger partial charge on any atom is 0.320 e. The van der Waals surface area contributed by atoms with Crippen LogP contribution in [0.3, 0.4) is 0 Å². The van der Waals surface area contributed by atoms with E-state index in [-0.39, 0.29) is 6.03 Å². The zero-order valence-electron chi connectivity index (χ0n) is 8.83. The summed E-state index contributed by atoms with van der Waals surface area (Å²) in [5.74, 6) is 0. The first-order valence-electron chi connectivity index (χ1n) is 5.59. The average molecular weight is 197 g/mol. The van der Waals surface area contributed by atoms with Crippen LogP contribution >= 0.6 is 0 Å². The summed E-state index contributed by atoms with van der Waals surface area (Å²) in [6.07, 6.45) is 2.36. The Kier molecular flexibility index (Phi) is 2.91. The first-order valence-corrected chi connectivity index (χ1v) is 5.59. The third-order valence-corrected chi connectivity index (χ3v) is 3.22. The van der Waals surface area contributed by atoms with Gasteiger partial charge >= 0.3 is 6.03 Å². The fraction of sp³-hybridized carbons (Fsp3) is 0.900. The molecular formula is C10H19N3O. The van der Waals surface area contributed by atoms with Gasteiger partial charge in [-0.2, -0.15) is 0 Å². The van der Waals surface area contributed by atoms with Gasteiger partial charge in [0.15, 0.2) is 0 Å². The van der Waals surface area contributed by atoms with E-state index in [1.807, 2.05) is 16.7 Å². The van der Waals surface area contributed by atoms with Gasteiger partial charge in [0.1, 0.15) is 0 Å². The molecule has 0 aliphatic carbocycles. The van der Waals surface area contributed by atoms with Crippen molar-refractivity contribution >= 4 is 6.03 Å². The topological polar surface area (TPSA) is 35.6 Å². The van der Waals surface area contributed by atoms with Crippen molar-refractivity contribution in [2.45, 2.75) is 25.8 Å². The molecule has 2 fully saturated rings. The van der Waals surface area contributed by atoms with Crippen LogP contribution in [0.2, 0.25) is 0 Å². The minimum Gasteiger partial charge on any atom is -0.323 e. The number of carbonyl (C=O) groups excluding carboxylic acids is 1. The molecule has 0 radical (unpaired) electrons. The van der Waals surface area contributed by atoms with E-state index in [4.69, 9.17) is 0 Å². The Bertz CT molecular complexity index is 213. The Labute approximate surface area is 85.2 Å². The average Bonchev–Trinajstić information content (AvgIpc) is 2.61. The van der Waals surface area contributed by atoms with Crippen molar-refractivity contribution in [3.8, 4) is 0 Å². The first kappa shape index (κ1) is 9.77. The summed E-state index contributed by atoms with van der Waals surface area (Å²) in [7, 11) is 0. The van der Waals surface area contributed by atoms with Gasteiger partial charge in [-0.15, -0.1) is 0 Å². The van der Waals surface area contributed by atoms with Crippen LogP contribution in [-0.2, 0) is 0 Å². The summed E-state index contributed by atoms with van der Waals surface area (Å²) >= 11 is 0. The zero-order chi connectivity index (χ0) is 9.97. The number of urea groups is 1. The second-order valence-electron chi connectivity index (χ2n) is 4.06. The Morgan fingerprint density at radius 3 is 2.93 bits per heavy atom. The summed E-state index contributed by atoms with van der Waals surface area (Å²) < 4.78 is 0. The maximum atomic E-state index is 11.9. The Hall–Kier alpha value is -0.770. The Morgan fingerprint density at radius 2 is 2.36 bits per heavy atom. The van der Waals surface area contributed by atoms with Crippen LogP contribution in [0.1, 0.15) is 19.8 Å². The van der Waals surface area contributed by atoms with Gasteiger partial charge in [0.05, 0.1) is 0 Å². The van der Waals surface area contributed by atoms with E-state index in [0.717, 1.165) is 39.1 Å². The normalized spacial score (nSPS) is 28.6. The lowest BCUT2D eigenvalue weighted by atomic mass is 10.1. The Balaban J connectivity index is 1.94. The van der Waals surface area contributed by atoms with E-state index in [1.54, 1.807) is 0 Å². The number of hydrogen-bond acceptors (Lipinski definition) is 2. The largest absolute Gasteiger partial charge is 0.323 e. The van der Waals surface area contributed by atoms with Gasteiger partial charge in [-0.05, 0) is 26.3 Å². The lowest BCUT2D eigenvalue weighted by molar-refractivity contribution is 0.168. The van der Waals surface area contributed by atoms with Gasteiger partial charge < -0.3 is 15.1 Å². The fourth-order valence-corrected chi connectivity index (χ4v) is 2.33. The van der Waals surface area contributed by atoms with E-state index in [9.17, 15) is 4.79 Å². The van der Waals surface area contributed by atoms with Crippen LogP contribution in [0.15, 0.2) is 0 Å². The predicted octanol–water partition coefficient (Wildman–Crippen LogP) is 0.496. The molecule has 2 saturated heterocycles. The lowest BCUT2D eigenvalue weighted by Crippen LogP contribution is -2.47. The molecule has 0 bridgehead atoms. The molecule has 0 aromatic carbocycles. The van der Waals surface area contributed by atoms with Crippen molar-refractivity contribution in [3.63, 3.8) is 0 Å². The van der Waals surface area contributed by atoms with E-state index in [2.05, 4.69) is 5.32 Å². The summed E-state index contributed by atoms with van der Waals surface area (Å²) in [6, 6.07) is 0.675. The van der Waals surface area contributed by atoms with Crippen LogP contribution < -0.4 is 5.32 Å². The highest BCUT2D eigenvalue weighted by atomic mass is 16.2. The van der Waals surface area contributed by atoms with Crippen molar-refractivity contribution < 1.29 is 4.79 Å². The fourth-order valence-electron chi connectivity index (χ4n) is 2.33. The maximum absolute atomic E-state index is 11.9. The van der Waals surface area contributed by atoms with E-state index in [1.165, 1.54) is 6.42 Å². The third-order valence-electron chi connectivity index (χ3n) is 3.22. The minimum absolute atomic E-state index is 0.237. The highest BCUT2D eigenvalue weighted by molar-refractivity contribution is 5.76. The monoisotopic (exact) mass is 197 g/mol. The molecule has 80 valence electrons. The van der Waals surface area contributed by atoms with Gasteiger partial charge in [0.25, 0.3) is 0 Å². The van der Waals surface area contributed by atoms with Gasteiger partial charge in [-0.1, -0.05) is 0 Å². The summed E-state index contributed by atoms with van der Waals surface area (Å²) in [4.78, 5) is 15.8. The van der Waals surface area contributed by atoms with E-state index >= 15 is 0 Å². The molecule has 2 rings (SSSR count). The molecule has 0 aromatic heterocycles. The third kappa shape index (κ3) is 1.71. The van der Waals surface area contributed by atoms with Gasteiger partial charge in [0.2, 0.25) is 0 Å². The molecule has 2 aliphatic rings. The molecule has 4 heteroatoms. The van der Waals surface area contributed by atoms with Crippen molar-refractivity contribution in [3.05, 3.63) is 0 Å². The summed E-state index contributed by atoms with van der Waals surface area (Å²) in [6.45, 7) is 6.79. The second kappa shape index (κ2) is 4.17. The van der Waals surface area contributed by atoms with Crippen LogP contribution in [0.5, 0.6) is 0 Å². The number of amides is 2. The molecule has 1 atom stereocenters. The molecular weight excluding hydrogens is 178 g/mol. The smallest absolute Gasteiger partial charge is 0.320 e. The molecule has 0 unspecified atom stereocenters. The summed E-state index contributed by atoms with van der Waals surface area (Å²) in [5, 5.41) is 3.35. The molecule has 1 N–H and O–H groups in total. The number of piperidine rings is 1. The molecule has 0 saturated carbocycles. The highest BCUT2D eigenvalue weighted by Crippen LogP contribution is 2.16. The van der Waals surface area contributed by atoms with E-state index in [0.29, 0.717) is 6.04 Å². The second-order valence-corrected chi connectivity index (χ2v) is 4.06.